The SMILES string of the molecule is Cc1ccc(C(O)CNC(=O)COc2ccc(Cl)cc2)o1. The smallest absolute Gasteiger partial charge is 0.258 e. The third-order valence-electron chi connectivity index (χ3n) is 2.77. The molecule has 1 aromatic heterocycles. The number of carbonyl (C=O) groups excluding carboxylic acids is 1. The normalized spacial score (nSPS) is 12.0. The lowest BCUT2D eigenvalue weighted by molar-refractivity contribution is -0.123. The molecule has 0 fully saturated rings. The van der Waals surface area contributed by atoms with Crippen molar-refractivity contribution in [3.63, 3.8) is 0 Å². The van der Waals surface area contributed by atoms with Crippen molar-refractivity contribution in [3.8, 4) is 5.75 Å². The van der Waals surface area contributed by atoms with E-state index in [0.29, 0.717) is 22.3 Å². The first-order valence-corrected chi connectivity index (χ1v) is 6.82. The lowest BCUT2D eigenvalue weighted by atomic mass is 10.3. The fourth-order valence-electron chi connectivity index (χ4n) is 1.67. The van der Waals surface area contributed by atoms with Crippen LogP contribution in [-0.4, -0.2) is 24.2 Å². The molecular formula is C15H16ClNO4. The van der Waals surface area contributed by atoms with Crippen molar-refractivity contribution < 1.29 is 19.1 Å². The van der Waals surface area contributed by atoms with Crippen LogP contribution in [-0.2, 0) is 4.79 Å². The quantitative estimate of drug-likeness (QED) is 0.860. The monoisotopic (exact) mass is 309 g/mol. The Morgan fingerprint density at radius 2 is 2.05 bits per heavy atom. The average Bonchev–Trinajstić information content (AvgIpc) is 2.91. The summed E-state index contributed by atoms with van der Waals surface area (Å²) >= 11 is 5.75. The molecule has 0 bridgehead atoms. The van der Waals surface area contributed by atoms with E-state index >= 15 is 0 Å². The maximum atomic E-state index is 11.6. The van der Waals surface area contributed by atoms with E-state index in [2.05, 4.69) is 5.32 Å². The molecule has 2 N–H and O–H groups in total. The number of furan rings is 1. The van der Waals surface area contributed by atoms with Gasteiger partial charge in [0.1, 0.15) is 23.4 Å². The van der Waals surface area contributed by atoms with Gasteiger partial charge in [-0.15, -0.1) is 0 Å². The van der Waals surface area contributed by atoms with Crippen molar-refractivity contribution in [1.29, 1.82) is 0 Å². The standard InChI is InChI=1S/C15H16ClNO4/c1-10-2-7-14(21-10)13(18)8-17-15(19)9-20-12-5-3-11(16)4-6-12/h2-7,13,18H,8-9H2,1H3,(H,17,19). The Bertz CT molecular complexity index is 594. The van der Waals surface area contributed by atoms with Gasteiger partial charge in [0, 0.05) is 5.02 Å². The summed E-state index contributed by atoms with van der Waals surface area (Å²) in [5.74, 6) is 1.36. The zero-order valence-corrected chi connectivity index (χ0v) is 12.3. The van der Waals surface area contributed by atoms with Gasteiger partial charge in [0.25, 0.3) is 5.91 Å². The van der Waals surface area contributed by atoms with Gasteiger partial charge in [0.15, 0.2) is 6.61 Å². The molecule has 1 unspecified atom stereocenters. The predicted octanol–water partition coefficient (Wildman–Crippen LogP) is 2.47. The summed E-state index contributed by atoms with van der Waals surface area (Å²) in [6, 6.07) is 10.1. The second-order valence-electron chi connectivity index (χ2n) is 4.51. The predicted molar refractivity (Wildman–Crippen MR) is 78.4 cm³/mol. The van der Waals surface area contributed by atoms with Gasteiger partial charge < -0.3 is 19.6 Å². The molecule has 1 atom stereocenters. The number of benzene rings is 1. The number of hydrogen-bond donors (Lipinski definition) is 2. The molecule has 0 aliphatic rings. The molecule has 2 aromatic rings. The van der Waals surface area contributed by atoms with Crippen LogP contribution in [0.1, 0.15) is 17.6 Å². The lowest BCUT2D eigenvalue weighted by Crippen LogP contribution is -2.32. The third-order valence-corrected chi connectivity index (χ3v) is 3.02. The number of aliphatic hydroxyl groups is 1. The van der Waals surface area contributed by atoms with Gasteiger partial charge in [-0.2, -0.15) is 0 Å². The Labute approximate surface area is 127 Å². The molecule has 5 nitrogen and oxygen atoms in total. The molecule has 112 valence electrons. The molecule has 1 amide bonds. The lowest BCUT2D eigenvalue weighted by Gasteiger charge is -2.10. The number of hydrogen-bond acceptors (Lipinski definition) is 4. The molecule has 0 saturated carbocycles. The number of amides is 1. The van der Waals surface area contributed by atoms with E-state index in [-0.39, 0.29) is 19.1 Å². The molecule has 0 aliphatic heterocycles. The van der Waals surface area contributed by atoms with Crippen LogP contribution in [0.4, 0.5) is 0 Å². The van der Waals surface area contributed by atoms with Gasteiger partial charge >= 0.3 is 0 Å². The minimum absolute atomic E-state index is 0.0652. The highest BCUT2D eigenvalue weighted by atomic mass is 35.5. The van der Waals surface area contributed by atoms with Gasteiger partial charge in [-0.25, -0.2) is 0 Å². The minimum Gasteiger partial charge on any atom is -0.484 e. The summed E-state index contributed by atoms with van der Waals surface area (Å²) in [5.41, 5.74) is 0. The van der Waals surface area contributed by atoms with Gasteiger partial charge in [0.05, 0.1) is 6.54 Å². The van der Waals surface area contributed by atoms with E-state index < -0.39 is 6.10 Å². The van der Waals surface area contributed by atoms with Crippen LogP contribution in [0.5, 0.6) is 5.75 Å². The van der Waals surface area contributed by atoms with E-state index in [9.17, 15) is 9.90 Å². The van der Waals surface area contributed by atoms with Crippen molar-refractivity contribution in [2.45, 2.75) is 13.0 Å². The maximum absolute atomic E-state index is 11.6. The molecule has 6 heteroatoms. The number of nitrogens with one attached hydrogen (secondary N) is 1. The Morgan fingerprint density at radius 3 is 2.67 bits per heavy atom. The van der Waals surface area contributed by atoms with Crippen molar-refractivity contribution >= 4 is 17.5 Å². The molecule has 0 spiro atoms. The van der Waals surface area contributed by atoms with Crippen molar-refractivity contribution in [1.82, 2.24) is 5.32 Å². The summed E-state index contributed by atoms with van der Waals surface area (Å²) in [6.45, 7) is 1.72. The second-order valence-corrected chi connectivity index (χ2v) is 4.95. The number of aryl methyl sites for hydroxylation is 1. The molecule has 0 saturated heterocycles. The first-order valence-electron chi connectivity index (χ1n) is 6.44. The molecule has 1 aromatic carbocycles. The fraction of sp³-hybridized carbons (Fsp3) is 0.267. The highest BCUT2D eigenvalue weighted by Crippen LogP contribution is 2.16. The van der Waals surface area contributed by atoms with Crippen LogP contribution in [0.25, 0.3) is 0 Å². The zero-order valence-electron chi connectivity index (χ0n) is 11.5. The van der Waals surface area contributed by atoms with Crippen molar-refractivity contribution in [2.75, 3.05) is 13.2 Å². The zero-order chi connectivity index (χ0) is 15.2. The van der Waals surface area contributed by atoms with Crippen molar-refractivity contribution in [2.24, 2.45) is 0 Å². The van der Waals surface area contributed by atoms with Crippen LogP contribution in [0, 0.1) is 6.92 Å². The van der Waals surface area contributed by atoms with Crippen LogP contribution in [0.2, 0.25) is 5.02 Å². The molecule has 1 heterocycles. The van der Waals surface area contributed by atoms with Gasteiger partial charge in [-0.3, -0.25) is 4.79 Å². The first-order chi connectivity index (χ1) is 10.0. The van der Waals surface area contributed by atoms with E-state index in [4.69, 9.17) is 20.8 Å². The van der Waals surface area contributed by atoms with E-state index in [1.54, 1.807) is 43.3 Å². The summed E-state index contributed by atoms with van der Waals surface area (Å²) in [4.78, 5) is 11.6. The molecular weight excluding hydrogens is 294 g/mol. The van der Waals surface area contributed by atoms with Crippen LogP contribution < -0.4 is 10.1 Å². The van der Waals surface area contributed by atoms with Crippen molar-refractivity contribution in [3.05, 3.63) is 52.9 Å². The van der Waals surface area contributed by atoms with Gasteiger partial charge in [-0.05, 0) is 43.3 Å². The number of ether oxygens (including phenoxy) is 1. The highest BCUT2D eigenvalue weighted by Gasteiger charge is 2.13. The minimum atomic E-state index is -0.877. The van der Waals surface area contributed by atoms with Crippen LogP contribution >= 0.6 is 11.6 Å². The van der Waals surface area contributed by atoms with E-state index in [1.165, 1.54) is 0 Å². The van der Waals surface area contributed by atoms with Crippen LogP contribution in [0.15, 0.2) is 40.8 Å². The summed E-state index contributed by atoms with van der Waals surface area (Å²) in [5, 5.41) is 13.0. The molecule has 21 heavy (non-hydrogen) atoms. The Morgan fingerprint density at radius 1 is 1.33 bits per heavy atom. The first kappa shape index (κ1) is 15.4. The van der Waals surface area contributed by atoms with Gasteiger partial charge in [0.2, 0.25) is 0 Å². The molecule has 0 radical (unpaired) electrons. The number of rotatable bonds is 6. The number of halogens is 1. The van der Waals surface area contributed by atoms with E-state index in [0.717, 1.165) is 0 Å². The highest BCUT2D eigenvalue weighted by molar-refractivity contribution is 6.30. The molecule has 2 rings (SSSR count). The summed E-state index contributed by atoms with van der Waals surface area (Å²) in [7, 11) is 0. The largest absolute Gasteiger partial charge is 0.484 e. The Balaban J connectivity index is 1.73. The third kappa shape index (κ3) is 4.81. The maximum Gasteiger partial charge on any atom is 0.258 e. The number of aliphatic hydroxyl groups excluding tert-OH is 1. The Hall–Kier alpha value is -1.98. The Kier molecular flexibility index (Phi) is 5.25. The second kappa shape index (κ2) is 7.15. The fourth-order valence-corrected chi connectivity index (χ4v) is 1.80. The van der Waals surface area contributed by atoms with E-state index in [1.807, 2.05) is 0 Å². The summed E-state index contributed by atoms with van der Waals surface area (Å²) in [6.07, 6.45) is -0.877. The average molecular weight is 310 g/mol. The summed E-state index contributed by atoms with van der Waals surface area (Å²) < 4.78 is 10.6. The van der Waals surface area contributed by atoms with Crippen LogP contribution in [0.3, 0.4) is 0 Å². The van der Waals surface area contributed by atoms with Gasteiger partial charge in [-0.1, -0.05) is 11.6 Å². The number of carbonyl (C=O) groups is 1. The topological polar surface area (TPSA) is 71.7 Å². The molecule has 0 aliphatic carbocycles.